The van der Waals surface area contributed by atoms with E-state index in [-0.39, 0.29) is 0 Å². The zero-order chi connectivity index (χ0) is 11.5. The van der Waals surface area contributed by atoms with Crippen LogP contribution >= 0.6 is 0 Å². The Morgan fingerprint density at radius 2 is 2.27 bits per heavy atom. The average Bonchev–Trinajstić information content (AvgIpc) is 2.16. The summed E-state index contributed by atoms with van der Waals surface area (Å²) in [5.41, 5.74) is -1.66. The number of aliphatic hydroxyl groups is 1. The molecule has 3 heteroatoms. The highest BCUT2D eigenvalue weighted by atomic mass is 16.5. The van der Waals surface area contributed by atoms with Gasteiger partial charge in [-0.2, -0.15) is 5.26 Å². The van der Waals surface area contributed by atoms with Crippen molar-refractivity contribution < 1.29 is 9.84 Å². The van der Waals surface area contributed by atoms with E-state index in [9.17, 15) is 10.4 Å². The Hall–Kier alpha value is -0.590. The van der Waals surface area contributed by atoms with Crippen LogP contribution in [-0.4, -0.2) is 23.9 Å². The molecule has 1 saturated heterocycles. The lowest BCUT2D eigenvalue weighted by Gasteiger charge is -2.43. The predicted octanol–water partition coefficient (Wildman–Crippen LogP) is 2.10. The second kappa shape index (κ2) is 4.51. The van der Waals surface area contributed by atoms with E-state index >= 15 is 0 Å². The first-order chi connectivity index (χ1) is 6.93. The van der Waals surface area contributed by atoms with E-state index in [4.69, 9.17) is 4.74 Å². The van der Waals surface area contributed by atoms with Crippen LogP contribution in [0.1, 0.15) is 40.0 Å². The number of nitrogens with zero attached hydrogens (tertiary/aromatic N) is 1. The van der Waals surface area contributed by atoms with Crippen molar-refractivity contribution in [3.8, 4) is 6.07 Å². The molecule has 1 N–H and O–H groups in total. The summed E-state index contributed by atoms with van der Waals surface area (Å²) in [6.45, 7) is 6.96. The lowest BCUT2D eigenvalue weighted by Crippen LogP contribution is -2.50. The largest absolute Gasteiger partial charge is 0.388 e. The summed E-state index contributed by atoms with van der Waals surface area (Å²) < 4.78 is 5.36. The highest BCUT2D eigenvalue weighted by molar-refractivity contribution is 5.11. The number of nitriles is 1. The maximum atomic E-state index is 10.5. The van der Waals surface area contributed by atoms with Crippen LogP contribution in [0, 0.1) is 22.7 Å². The Kier molecular flexibility index (Phi) is 3.75. The molecule has 0 radical (unpaired) electrons. The number of hydrogen-bond donors (Lipinski definition) is 1. The van der Waals surface area contributed by atoms with Crippen LogP contribution in [0.3, 0.4) is 0 Å². The third-order valence-electron chi connectivity index (χ3n) is 3.29. The van der Waals surface area contributed by atoms with E-state index in [1.165, 1.54) is 0 Å². The van der Waals surface area contributed by atoms with Crippen molar-refractivity contribution >= 4 is 0 Å². The van der Waals surface area contributed by atoms with Crippen LogP contribution in [0.2, 0.25) is 0 Å². The molecule has 1 rings (SSSR count). The highest BCUT2D eigenvalue weighted by Crippen LogP contribution is 2.42. The minimum absolute atomic E-state index is 0.364. The number of ether oxygens (including phenoxy) is 1. The van der Waals surface area contributed by atoms with Crippen molar-refractivity contribution in [3.63, 3.8) is 0 Å². The van der Waals surface area contributed by atoms with Gasteiger partial charge >= 0.3 is 0 Å². The second-order valence-electron chi connectivity index (χ2n) is 5.22. The molecule has 0 saturated carbocycles. The van der Waals surface area contributed by atoms with E-state index < -0.39 is 11.0 Å². The minimum atomic E-state index is -0.948. The van der Waals surface area contributed by atoms with E-state index in [1.807, 2.05) is 0 Å². The van der Waals surface area contributed by atoms with E-state index in [0.717, 1.165) is 12.8 Å². The van der Waals surface area contributed by atoms with Gasteiger partial charge in [-0.25, -0.2) is 0 Å². The zero-order valence-electron chi connectivity index (χ0n) is 9.92. The van der Waals surface area contributed by atoms with Crippen LogP contribution in [0.4, 0.5) is 0 Å². The molecule has 2 unspecified atom stereocenters. The van der Waals surface area contributed by atoms with Crippen molar-refractivity contribution in [3.05, 3.63) is 0 Å². The molecule has 0 bridgehead atoms. The third-order valence-corrected chi connectivity index (χ3v) is 3.29. The van der Waals surface area contributed by atoms with Gasteiger partial charge in [0.25, 0.3) is 0 Å². The molecule has 2 atom stereocenters. The van der Waals surface area contributed by atoms with Crippen LogP contribution in [-0.2, 0) is 4.74 Å². The van der Waals surface area contributed by atoms with Gasteiger partial charge in [-0.3, -0.25) is 0 Å². The van der Waals surface area contributed by atoms with Crippen LogP contribution in [0.5, 0.6) is 0 Å². The fraction of sp³-hybridized carbons (Fsp3) is 0.917. The van der Waals surface area contributed by atoms with Crippen LogP contribution < -0.4 is 0 Å². The first kappa shape index (κ1) is 12.5. The summed E-state index contributed by atoms with van der Waals surface area (Å²) in [7, 11) is 0. The SMILES string of the molecule is CC(C)CC(C)(O)C1(C#N)CCCOC1. The molecule has 0 aromatic rings. The Balaban J connectivity index is 2.84. The Morgan fingerprint density at radius 1 is 1.60 bits per heavy atom. The fourth-order valence-corrected chi connectivity index (χ4v) is 2.42. The van der Waals surface area contributed by atoms with E-state index in [1.54, 1.807) is 6.92 Å². The quantitative estimate of drug-likeness (QED) is 0.777. The minimum Gasteiger partial charge on any atom is -0.388 e. The van der Waals surface area contributed by atoms with Gasteiger partial charge in [-0.05, 0) is 32.1 Å². The maximum Gasteiger partial charge on any atom is 0.109 e. The van der Waals surface area contributed by atoms with E-state index in [0.29, 0.717) is 25.6 Å². The lowest BCUT2D eigenvalue weighted by molar-refractivity contribution is -0.116. The van der Waals surface area contributed by atoms with Gasteiger partial charge in [0, 0.05) is 6.61 Å². The standard InChI is InChI=1S/C12H21NO2/c1-10(2)7-11(3,14)12(8-13)5-4-6-15-9-12/h10,14H,4-7,9H2,1-3H3. The van der Waals surface area contributed by atoms with Crippen LogP contribution in [0.25, 0.3) is 0 Å². The first-order valence-corrected chi connectivity index (χ1v) is 5.65. The Morgan fingerprint density at radius 3 is 2.67 bits per heavy atom. The Labute approximate surface area is 92.0 Å². The Bertz CT molecular complexity index is 247. The van der Waals surface area contributed by atoms with Crippen molar-refractivity contribution in [2.75, 3.05) is 13.2 Å². The van der Waals surface area contributed by atoms with Gasteiger partial charge in [-0.1, -0.05) is 13.8 Å². The molecule has 3 nitrogen and oxygen atoms in total. The van der Waals surface area contributed by atoms with Crippen molar-refractivity contribution in [1.82, 2.24) is 0 Å². The predicted molar refractivity (Wildman–Crippen MR) is 58.2 cm³/mol. The summed E-state index contributed by atoms with van der Waals surface area (Å²) in [4.78, 5) is 0. The number of hydrogen-bond acceptors (Lipinski definition) is 3. The molecule has 15 heavy (non-hydrogen) atoms. The lowest BCUT2D eigenvalue weighted by atomic mass is 9.67. The van der Waals surface area contributed by atoms with Gasteiger partial charge in [0.1, 0.15) is 5.41 Å². The molecule has 1 aliphatic rings. The summed E-state index contributed by atoms with van der Waals surface area (Å²) in [6, 6.07) is 2.29. The summed E-state index contributed by atoms with van der Waals surface area (Å²) in [5.74, 6) is 0.382. The molecule has 1 aliphatic heterocycles. The second-order valence-corrected chi connectivity index (χ2v) is 5.22. The molecule has 1 heterocycles. The molecule has 0 amide bonds. The molecule has 86 valence electrons. The smallest absolute Gasteiger partial charge is 0.109 e. The van der Waals surface area contributed by atoms with Gasteiger partial charge in [0.15, 0.2) is 0 Å². The average molecular weight is 211 g/mol. The molecule has 1 fully saturated rings. The highest BCUT2D eigenvalue weighted by Gasteiger charge is 2.49. The molecular formula is C12H21NO2. The molecular weight excluding hydrogens is 190 g/mol. The first-order valence-electron chi connectivity index (χ1n) is 5.65. The van der Waals surface area contributed by atoms with Gasteiger partial charge in [-0.15, -0.1) is 0 Å². The number of rotatable bonds is 3. The fourth-order valence-electron chi connectivity index (χ4n) is 2.42. The molecule has 0 aromatic heterocycles. The normalized spacial score (nSPS) is 30.9. The zero-order valence-corrected chi connectivity index (χ0v) is 9.92. The summed E-state index contributed by atoms with van der Waals surface area (Å²) in [6.07, 6.45) is 2.24. The summed E-state index contributed by atoms with van der Waals surface area (Å²) >= 11 is 0. The topological polar surface area (TPSA) is 53.2 Å². The van der Waals surface area contributed by atoms with Gasteiger partial charge < -0.3 is 9.84 Å². The van der Waals surface area contributed by atoms with E-state index in [2.05, 4.69) is 19.9 Å². The maximum absolute atomic E-state index is 10.5. The summed E-state index contributed by atoms with van der Waals surface area (Å²) in [5, 5.41) is 19.8. The molecule has 0 spiro atoms. The van der Waals surface area contributed by atoms with Crippen molar-refractivity contribution in [2.24, 2.45) is 11.3 Å². The monoisotopic (exact) mass is 211 g/mol. The third kappa shape index (κ3) is 2.50. The van der Waals surface area contributed by atoms with Gasteiger partial charge in [0.05, 0.1) is 18.3 Å². The van der Waals surface area contributed by atoms with Crippen molar-refractivity contribution in [1.29, 1.82) is 5.26 Å². The van der Waals surface area contributed by atoms with Crippen molar-refractivity contribution in [2.45, 2.75) is 45.6 Å². The van der Waals surface area contributed by atoms with Gasteiger partial charge in [0.2, 0.25) is 0 Å². The van der Waals surface area contributed by atoms with Crippen LogP contribution in [0.15, 0.2) is 0 Å². The molecule has 0 aromatic carbocycles. The molecule has 0 aliphatic carbocycles.